The van der Waals surface area contributed by atoms with Crippen LogP contribution in [0.15, 0.2) is 47.0 Å². The van der Waals surface area contributed by atoms with Crippen molar-refractivity contribution in [3.05, 3.63) is 64.8 Å². The first-order valence-electron chi connectivity index (χ1n) is 9.72. The van der Waals surface area contributed by atoms with Gasteiger partial charge in [0.2, 0.25) is 5.82 Å². The fourth-order valence-electron chi connectivity index (χ4n) is 3.52. The van der Waals surface area contributed by atoms with Gasteiger partial charge in [0, 0.05) is 5.56 Å². The van der Waals surface area contributed by atoms with Gasteiger partial charge in [-0.05, 0) is 48.7 Å². The molecule has 3 heterocycles. The molecule has 2 aromatic heterocycles. The zero-order valence-corrected chi connectivity index (χ0v) is 17.0. The molecule has 5 rings (SSSR count). The van der Waals surface area contributed by atoms with Crippen LogP contribution in [0.5, 0.6) is 5.75 Å². The minimum absolute atomic E-state index is 0.105. The van der Waals surface area contributed by atoms with Crippen LogP contribution in [-0.2, 0) is 17.9 Å². The minimum atomic E-state index is -0.105. The molecule has 0 saturated heterocycles. The van der Waals surface area contributed by atoms with Crippen LogP contribution in [0.1, 0.15) is 28.5 Å². The van der Waals surface area contributed by atoms with E-state index in [0.717, 1.165) is 22.6 Å². The van der Waals surface area contributed by atoms with Crippen LogP contribution in [0.3, 0.4) is 0 Å². The molecule has 0 saturated carbocycles. The lowest BCUT2D eigenvalue weighted by molar-refractivity contribution is -0.00119. The number of methoxy groups -OCH3 is 1. The second kappa shape index (κ2) is 7.38. The molecule has 0 N–H and O–H groups in total. The highest BCUT2D eigenvalue weighted by Gasteiger charge is 2.28. The van der Waals surface area contributed by atoms with E-state index in [2.05, 4.69) is 34.3 Å². The summed E-state index contributed by atoms with van der Waals surface area (Å²) in [7, 11) is 1.65. The van der Waals surface area contributed by atoms with Crippen LogP contribution in [-0.4, -0.2) is 32.2 Å². The maximum absolute atomic E-state index is 6.07. The number of nitrogens with zero attached hydrogens (tertiary/aromatic N) is 5. The number of aromatic nitrogens is 5. The molecule has 0 bridgehead atoms. The highest BCUT2D eigenvalue weighted by molar-refractivity contribution is 5.60. The molecule has 0 fully saturated rings. The standard InChI is InChI=1S/C22H21N5O3/c1-13-4-5-16(10-14(13)2)21-23-22(30-25-21)20-18-12-29-19(11-27(18)26-24-20)15-6-8-17(28-3)9-7-15/h4-10,19H,11-12H2,1-3H3. The molecule has 1 aliphatic heterocycles. The summed E-state index contributed by atoms with van der Waals surface area (Å²) in [5.41, 5.74) is 5.76. The summed E-state index contributed by atoms with van der Waals surface area (Å²) >= 11 is 0. The van der Waals surface area contributed by atoms with Crippen molar-refractivity contribution < 1.29 is 14.0 Å². The molecule has 0 amide bonds. The van der Waals surface area contributed by atoms with Gasteiger partial charge in [0.15, 0.2) is 5.69 Å². The Morgan fingerprint density at radius 3 is 2.67 bits per heavy atom. The molecule has 1 unspecified atom stereocenters. The summed E-state index contributed by atoms with van der Waals surface area (Å²) in [4.78, 5) is 4.54. The highest BCUT2D eigenvalue weighted by Crippen LogP contribution is 2.31. The van der Waals surface area contributed by atoms with Gasteiger partial charge in [-0.15, -0.1) is 5.10 Å². The molecule has 30 heavy (non-hydrogen) atoms. The average Bonchev–Trinajstić information content (AvgIpc) is 3.42. The Hall–Kier alpha value is -3.52. The monoisotopic (exact) mass is 403 g/mol. The first-order valence-corrected chi connectivity index (χ1v) is 9.72. The highest BCUT2D eigenvalue weighted by atomic mass is 16.5. The molecule has 4 aromatic rings. The van der Waals surface area contributed by atoms with Crippen LogP contribution >= 0.6 is 0 Å². The first kappa shape index (κ1) is 18.5. The largest absolute Gasteiger partial charge is 0.497 e. The molecule has 8 heteroatoms. The molecule has 1 atom stereocenters. The third-order valence-corrected chi connectivity index (χ3v) is 5.48. The maximum Gasteiger partial charge on any atom is 0.280 e. The quantitative estimate of drug-likeness (QED) is 0.511. The topological polar surface area (TPSA) is 88.1 Å². The van der Waals surface area contributed by atoms with Crippen molar-refractivity contribution in [1.29, 1.82) is 0 Å². The number of ether oxygens (including phenoxy) is 2. The number of hydrogen-bond donors (Lipinski definition) is 0. The summed E-state index contributed by atoms with van der Waals surface area (Å²) in [5.74, 6) is 1.69. The summed E-state index contributed by atoms with van der Waals surface area (Å²) in [6.45, 7) is 5.06. The second-order valence-electron chi connectivity index (χ2n) is 7.36. The van der Waals surface area contributed by atoms with Crippen LogP contribution in [0.25, 0.3) is 23.0 Å². The lowest BCUT2D eigenvalue weighted by Crippen LogP contribution is -2.22. The zero-order valence-electron chi connectivity index (χ0n) is 17.0. The van der Waals surface area contributed by atoms with E-state index in [-0.39, 0.29) is 6.10 Å². The summed E-state index contributed by atoms with van der Waals surface area (Å²) in [5, 5.41) is 12.7. The van der Waals surface area contributed by atoms with Gasteiger partial charge in [-0.1, -0.05) is 34.6 Å². The lowest BCUT2D eigenvalue weighted by atomic mass is 10.1. The molecular weight excluding hydrogens is 382 g/mol. The van der Waals surface area contributed by atoms with Crippen molar-refractivity contribution in [3.8, 4) is 28.7 Å². The van der Waals surface area contributed by atoms with Gasteiger partial charge in [-0.3, -0.25) is 0 Å². The Balaban J connectivity index is 1.39. The smallest absolute Gasteiger partial charge is 0.280 e. The molecule has 8 nitrogen and oxygen atoms in total. The Morgan fingerprint density at radius 1 is 1.07 bits per heavy atom. The normalized spacial score (nSPS) is 15.8. The van der Waals surface area contributed by atoms with E-state index in [9.17, 15) is 0 Å². The van der Waals surface area contributed by atoms with Crippen molar-refractivity contribution in [3.63, 3.8) is 0 Å². The van der Waals surface area contributed by atoms with Crippen molar-refractivity contribution in [1.82, 2.24) is 25.1 Å². The van der Waals surface area contributed by atoms with E-state index in [1.54, 1.807) is 7.11 Å². The molecule has 1 aliphatic rings. The number of aryl methyl sites for hydroxylation is 2. The molecule has 0 radical (unpaired) electrons. The van der Waals surface area contributed by atoms with Gasteiger partial charge in [-0.2, -0.15) is 4.98 Å². The van der Waals surface area contributed by atoms with E-state index in [1.807, 2.05) is 47.1 Å². The second-order valence-corrected chi connectivity index (χ2v) is 7.36. The van der Waals surface area contributed by atoms with Gasteiger partial charge in [0.05, 0.1) is 26.0 Å². The Kier molecular flexibility index (Phi) is 4.55. The van der Waals surface area contributed by atoms with E-state index in [0.29, 0.717) is 30.6 Å². The average molecular weight is 403 g/mol. The predicted octanol–water partition coefficient (Wildman–Crippen LogP) is 3.89. The fraction of sp³-hybridized carbons (Fsp3) is 0.273. The summed E-state index contributed by atoms with van der Waals surface area (Å²) < 4.78 is 18.6. The van der Waals surface area contributed by atoms with Gasteiger partial charge >= 0.3 is 0 Å². The van der Waals surface area contributed by atoms with Crippen molar-refractivity contribution >= 4 is 0 Å². The fourth-order valence-corrected chi connectivity index (χ4v) is 3.52. The van der Waals surface area contributed by atoms with Crippen LogP contribution in [0.2, 0.25) is 0 Å². The van der Waals surface area contributed by atoms with Gasteiger partial charge in [0.25, 0.3) is 5.89 Å². The first-order chi connectivity index (χ1) is 14.6. The maximum atomic E-state index is 6.07. The molecule has 0 aliphatic carbocycles. The summed E-state index contributed by atoms with van der Waals surface area (Å²) in [6, 6.07) is 13.9. The van der Waals surface area contributed by atoms with E-state index in [1.165, 1.54) is 11.1 Å². The van der Waals surface area contributed by atoms with Gasteiger partial charge in [-0.25, -0.2) is 4.68 Å². The minimum Gasteiger partial charge on any atom is -0.497 e. The molecule has 0 spiro atoms. The van der Waals surface area contributed by atoms with Crippen molar-refractivity contribution in [2.75, 3.05) is 7.11 Å². The predicted molar refractivity (Wildman–Crippen MR) is 109 cm³/mol. The van der Waals surface area contributed by atoms with Gasteiger partial charge < -0.3 is 14.0 Å². The van der Waals surface area contributed by atoms with Crippen molar-refractivity contribution in [2.24, 2.45) is 0 Å². The van der Waals surface area contributed by atoms with Crippen LogP contribution < -0.4 is 4.74 Å². The number of rotatable bonds is 4. The third kappa shape index (κ3) is 3.25. The number of hydrogen-bond acceptors (Lipinski definition) is 7. The molecular formula is C22H21N5O3. The molecule has 2 aromatic carbocycles. The Labute approximate surface area is 173 Å². The number of fused-ring (bicyclic) bond motifs is 1. The van der Waals surface area contributed by atoms with E-state index in [4.69, 9.17) is 14.0 Å². The SMILES string of the molecule is COc1ccc(C2Cn3nnc(-c4nc(-c5ccc(C)c(C)c5)no4)c3CO2)cc1. The third-order valence-electron chi connectivity index (χ3n) is 5.48. The molecule has 152 valence electrons. The Morgan fingerprint density at radius 2 is 1.90 bits per heavy atom. The van der Waals surface area contributed by atoms with Crippen LogP contribution in [0.4, 0.5) is 0 Å². The van der Waals surface area contributed by atoms with E-state index >= 15 is 0 Å². The summed E-state index contributed by atoms with van der Waals surface area (Å²) in [6.07, 6.45) is -0.105. The number of benzene rings is 2. The van der Waals surface area contributed by atoms with Crippen LogP contribution in [0, 0.1) is 13.8 Å². The lowest BCUT2D eigenvalue weighted by Gasteiger charge is -2.24. The van der Waals surface area contributed by atoms with Gasteiger partial charge in [0.1, 0.15) is 11.9 Å². The van der Waals surface area contributed by atoms with Crippen molar-refractivity contribution in [2.45, 2.75) is 33.1 Å². The Bertz CT molecular complexity index is 1200. The van der Waals surface area contributed by atoms with E-state index < -0.39 is 0 Å². The zero-order chi connectivity index (χ0) is 20.7.